The van der Waals surface area contributed by atoms with Gasteiger partial charge in [0, 0.05) is 6.07 Å². The molecule has 0 N–H and O–H groups in total. The number of carbonyl (C=O) groups is 1. The molecule has 18 heavy (non-hydrogen) atoms. The first-order chi connectivity index (χ1) is 8.45. The monoisotopic (exact) mass is 246 g/mol. The minimum absolute atomic E-state index is 0.121. The molecule has 0 bridgehead atoms. The minimum Gasteiger partial charge on any atom is -0.497 e. The normalized spacial score (nSPS) is 10.7. The SMILES string of the molecule is COc1cc(C)c2c(=O)c(C(C)=O)c(C)oc2c1. The molecule has 0 atom stereocenters. The molecule has 0 saturated carbocycles. The zero-order chi connectivity index (χ0) is 13.4. The number of benzene rings is 1. The van der Waals surface area contributed by atoms with Crippen LogP contribution < -0.4 is 10.2 Å². The lowest BCUT2D eigenvalue weighted by Gasteiger charge is -2.08. The molecule has 0 saturated heterocycles. The summed E-state index contributed by atoms with van der Waals surface area (Å²) in [5.74, 6) is 0.684. The summed E-state index contributed by atoms with van der Waals surface area (Å²) in [6.07, 6.45) is 0. The maximum atomic E-state index is 12.3. The Morgan fingerprint density at radius 3 is 2.50 bits per heavy atom. The van der Waals surface area contributed by atoms with Crippen molar-refractivity contribution in [3.63, 3.8) is 0 Å². The first-order valence-corrected chi connectivity index (χ1v) is 5.58. The summed E-state index contributed by atoms with van der Waals surface area (Å²) < 4.78 is 10.7. The van der Waals surface area contributed by atoms with Crippen LogP contribution in [0.4, 0.5) is 0 Å². The second kappa shape index (κ2) is 4.29. The highest BCUT2D eigenvalue weighted by molar-refractivity contribution is 5.98. The van der Waals surface area contributed by atoms with Gasteiger partial charge in [-0.1, -0.05) is 0 Å². The van der Waals surface area contributed by atoms with Crippen LogP contribution in [-0.2, 0) is 0 Å². The fraction of sp³-hybridized carbons (Fsp3) is 0.286. The van der Waals surface area contributed by atoms with Gasteiger partial charge >= 0.3 is 0 Å². The Bertz CT molecular complexity index is 695. The van der Waals surface area contributed by atoms with Crippen molar-refractivity contribution in [2.24, 2.45) is 0 Å². The number of Topliss-reactive ketones (excluding diaryl/α,β-unsaturated/α-hetero) is 1. The first-order valence-electron chi connectivity index (χ1n) is 5.58. The number of fused-ring (bicyclic) bond motifs is 1. The summed E-state index contributed by atoms with van der Waals surface area (Å²) in [4.78, 5) is 23.8. The average molecular weight is 246 g/mol. The molecular formula is C14H14O4. The van der Waals surface area contributed by atoms with Crippen LogP contribution in [0.5, 0.6) is 5.75 Å². The smallest absolute Gasteiger partial charge is 0.204 e. The molecule has 0 amide bonds. The number of carbonyl (C=O) groups excluding carboxylic acids is 1. The van der Waals surface area contributed by atoms with Crippen molar-refractivity contribution in [1.29, 1.82) is 0 Å². The topological polar surface area (TPSA) is 56.5 Å². The number of hydrogen-bond donors (Lipinski definition) is 0. The van der Waals surface area contributed by atoms with Crippen molar-refractivity contribution >= 4 is 16.8 Å². The van der Waals surface area contributed by atoms with E-state index in [1.807, 2.05) is 0 Å². The van der Waals surface area contributed by atoms with Crippen molar-refractivity contribution in [1.82, 2.24) is 0 Å². The van der Waals surface area contributed by atoms with Crippen molar-refractivity contribution in [3.05, 3.63) is 39.2 Å². The maximum Gasteiger partial charge on any atom is 0.204 e. The third-order valence-corrected chi connectivity index (χ3v) is 2.93. The van der Waals surface area contributed by atoms with Crippen molar-refractivity contribution in [2.75, 3.05) is 7.11 Å². The lowest BCUT2D eigenvalue weighted by Crippen LogP contribution is -2.16. The Balaban J connectivity index is 2.96. The average Bonchev–Trinajstić information content (AvgIpc) is 2.26. The van der Waals surface area contributed by atoms with Gasteiger partial charge in [0.25, 0.3) is 0 Å². The number of ether oxygens (including phenoxy) is 1. The zero-order valence-electron chi connectivity index (χ0n) is 10.8. The number of rotatable bonds is 2. The molecule has 4 nitrogen and oxygen atoms in total. The van der Waals surface area contributed by atoms with Crippen LogP contribution in [0.15, 0.2) is 21.3 Å². The minimum atomic E-state index is -0.279. The fourth-order valence-corrected chi connectivity index (χ4v) is 2.12. The number of aryl methyl sites for hydroxylation is 2. The van der Waals surface area contributed by atoms with Crippen LogP contribution >= 0.6 is 0 Å². The van der Waals surface area contributed by atoms with E-state index in [1.165, 1.54) is 6.92 Å². The summed E-state index contributed by atoms with van der Waals surface area (Å²) in [7, 11) is 1.55. The van der Waals surface area contributed by atoms with Crippen LogP contribution in [0, 0.1) is 13.8 Å². The van der Waals surface area contributed by atoms with Gasteiger partial charge in [0.15, 0.2) is 5.78 Å². The fourth-order valence-electron chi connectivity index (χ4n) is 2.12. The van der Waals surface area contributed by atoms with Gasteiger partial charge in [0.2, 0.25) is 5.43 Å². The lowest BCUT2D eigenvalue weighted by molar-refractivity contribution is 0.101. The van der Waals surface area contributed by atoms with E-state index in [0.717, 1.165) is 5.56 Å². The Labute approximate surface area is 104 Å². The summed E-state index contributed by atoms with van der Waals surface area (Å²) >= 11 is 0. The molecule has 1 heterocycles. The Morgan fingerprint density at radius 2 is 1.94 bits per heavy atom. The van der Waals surface area contributed by atoms with Gasteiger partial charge in [0.05, 0.1) is 12.5 Å². The molecule has 1 aromatic carbocycles. The second-order valence-electron chi connectivity index (χ2n) is 4.24. The molecule has 1 aromatic heterocycles. The van der Waals surface area contributed by atoms with Gasteiger partial charge in [-0.3, -0.25) is 9.59 Å². The Morgan fingerprint density at radius 1 is 1.28 bits per heavy atom. The summed E-state index contributed by atoms with van der Waals surface area (Å²) in [6.45, 7) is 4.78. The predicted molar refractivity (Wildman–Crippen MR) is 68.5 cm³/mol. The van der Waals surface area contributed by atoms with Gasteiger partial charge in [-0.25, -0.2) is 0 Å². The molecule has 0 radical (unpaired) electrons. The zero-order valence-corrected chi connectivity index (χ0v) is 10.8. The Kier molecular flexibility index (Phi) is 2.95. The van der Waals surface area contributed by atoms with Gasteiger partial charge in [-0.2, -0.15) is 0 Å². The van der Waals surface area contributed by atoms with Crippen LogP contribution in [0.2, 0.25) is 0 Å². The van der Waals surface area contributed by atoms with E-state index < -0.39 is 0 Å². The molecule has 0 aliphatic heterocycles. The molecular weight excluding hydrogens is 232 g/mol. The summed E-state index contributed by atoms with van der Waals surface area (Å²) in [5.41, 5.74) is 1.03. The largest absolute Gasteiger partial charge is 0.497 e. The van der Waals surface area contributed by atoms with Gasteiger partial charge in [-0.05, 0) is 32.4 Å². The molecule has 2 aromatic rings. The maximum absolute atomic E-state index is 12.3. The van der Waals surface area contributed by atoms with Gasteiger partial charge in [0.1, 0.15) is 22.7 Å². The molecule has 2 rings (SSSR count). The standard InChI is InChI=1S/C14H14O4/c1-7-5-10(17-4)6-11-12(7)14(16)13(8(2)15)9(3)18-11/h5-6H,1-4H3. The molecule has 0 unspecified atom stereocenters. The van der Waals surface area contributed by atoms with Crippen molar-refractivity contribution < 1.29 is 13.9 Å². The summed E-state index contributed by atoms with van der Waals surface area (Å²) in [6, 6.07) is 3.40. The van der Waals surface area contributed by atoms with E-state index in [2.05, 4.69) is 0 Å². The third kappa shape index (κ3) is 1.79. The van der Waals surface area contributed by atoms with Crippen LogP contribution in [0.1, 0.15) is 28.6 Å². The van der Waals surface area contributed by atoms with E-state index in [-0.39, 0.29) is 16.8 Å². The van der Waals surface area contributed by atoms with Gasteiger partial charge in [-0.15, -0.1) is 0 Å². The van der Waals surface area contributed by atoms with Gasteiger partial charge < -0.3 is 9.15 Å². The van der Waals surface area contributed by atoms with Crippen LogP contribution in [-0.4, -0.2) is 12.9 Å². The highest BCUT2D eigenvalue weighted by atomic mass is 16.5. The number of ketones is 1. The molecule has 0 fully saturated rings. The highest BCUT2D eigenvalue weighted by Gasteiger charge is 2.17. The van der Waals surface area contributed by atoms with E-state index in [9.17, 15) is 9.59 Å². The van der Waals surface area contributed by atoms with E-state index >= 15 is 0 Å². The lowest BCUT2D eigenvalue weighted by atomic mass is 10.0. The van der Waals surface area contributed by atoms with E-state index in [4.69, 9.17) is 9.15 Å². The van der Waals surface area contributed by atoms with Crippen molar-refractivity contribution in [2.45, 2.75) is 20.8 Å². The molecule has 0 aliphatic carbocycles. The van der Waals surface area contributed by atoms with Crippen LogP contribution in [0.3, 0.4) is 0 Å². The summed E-state index contributed by atoms with van der Waals surface area (Å²) in [5, 5.41) is 0.437. The molecule has 0 aliphatic rings. The molecule has 4 heteroatoms. The van der Waals surface area contributed by atoms with E-state index in [1.54, 1.807) is 33.1 Å². The second-order valence-corrected chi connectivity index (χ2v) is 4.24. The third-order valence-electron chi connectivity index (χ3n) is 2.93. The Hall–Kier alpha value is -2.10. The molecule has 94 valence electrons. The van der Waals surface area contributed by atoms with Crippen molar-refractivity contribution in [3.8, 4) is 5.75 Å². The quantitative estimate of drug-likeness (QED) is 0.764. The molecule has 0 spiro atoms. The first kappa shape index (κ1) is 12.4. The predicted octanol–water partition coefficient (Wildman–Crippen LogP) is 2.62. The highest BCUT2D eigenvalue weighted by Crippen LogP contribution is 2.24. The number of hydrogen-bond acceptors (Lipinski definition) is 4. The van der Waals surface area contributed by atoms with Crippen LogP contribution in [0.25, 0.3) is 11.0 Å². The number of methoxy groups -OCH3 is 1. The van der Waals surface area contributed by atoms with E-state index in [0.29, 0.717) is 22.5 Å².